The summed E-state index contributed by atoms with van der Waals surface area (Å²) in [6, 6.07) is 2.46. The van der Waals surface area contributed by atoms with Crippen LogP contribution in [0.2, 0.25) is 0 Å². The molecular formula is C14H17F3O6S. The van der Waals surface area contributed by atoms with Crippen LogP contribution in [0.3, 0.4) is 0 Å². The Kier molecular flexibility index (Phi) is 5.88. The number of rotatable bonds is 5. The van der Waals surface area contributed by atoms with Crippen molar-refractivity contribution in [3.05, 3.63) is 29.3 Å². The molecule has 24 heavy (non-hydrogen) atoms. The highest BCUT2D eigenvalue weighted by molar-refractivity contribution is 7.85. The number of hydrogen-bond acceptors (Lipinski definition) is 5. The maximum Gasteiger partial charge on any atom is 0.419 e. The van der Waals surface area contributed by atoms with E-state index in [-0.39, 0.29) is 5.56 Å². The number of halogens is 3. The van der Waals surface area contributed by atoms with E-state index in [0.717, 1.165) is 12.1 Å². The molecule has 0 atom stereocenters. The highest BCUT2D eigenvalue weighted by Crippen LogP contribution is 2.38. The fraction of sp³-hybridized carbons (Fsp3) is 0.500. The second kappa shape index (κ2) is 6.98. The Labute approximate surface area is 137 Å². The molecule has 0 bridgehead atoms. The van der Waals surface area contributed by atoms with Gasteiger partial charge in [-0.2, -0.15) is 21.6 Å². The quantitative estimate of drug-likeness (QED) is 0.633. The lowest BCUT2D eigenvalue weighted by atomic mass is 10.1. The van der Waals surface area contributed by atoms with Crippen LogP contribution in [0.15, 0.2) is 18.2 Å². The topological polar surface area (TPSA) is 89.9 Å². The van der Waals surface area contributed by atoms with Crippen molar-refractivity contribution in [3.8, 4) is 5.75 Å². The van der Waals surface area contributed by atoms with E-state index in [0.29, 0.717) is 6.07 Å². The molecule has 0 amide bonds. The first kappa shape index (κ1) is 20.2. The molecule has 10 heteroatoms. The van der Waals surface area contributed by atoms with E-state index in [1.165, 1.54) is 0 Å². The van der Waals surface area contributed by atoms with Crippen LogP contribution in [0.25, 0.3) is 0 Å². The van der Waals surface area contributed by atoms with Gasteiger partial charge in [-0.05, 0) is 39.0 Å². The Bertz CT molecular complexity index is 704. The zero-order valence-corrected chi connectivity index (χ0v) is 14.0. The highest BCUT2D eigenvalue weighted by atomic mass is 32.2. The average Bonchev–Trinajstić information content (AvgIpc) is 2.33. The van der Waals surface area contributed by atoms with E-state index in [4.69, 9.17) is 9.29 Å². The lowest BCUT2D eigenvalue weighted by molar-refractivity contribution is -0.139. The average molecular weight is 370 g/mol. The van der Waals surface area contributed by atoms with Gasteiger partial charge in [-0.1, -0.05) is 0 Å². The van der Waals surface area contributed by atoms with Crippen LogP contribution < -0.4 is 4.74 Å². The SMILES string of the molecule is CC(C)(C)Oc1cc(C(=O)OCCS(=O)(=O)O)ccc1C(F)(F)F. The first-order chi connectivity index (χ1) is 10.7. The minimum Gasteiger partial charge on any atom is -0.487 e. The van der Waals surface area contributed by atoms with Crippen LogP contribution in [-0.4, -0.2) is 36.9 Å². The van der Waals surface area contributed by atoms with Crippen molar-refractivity contribution in [2.45, 2.75) is 32.5 Å². The van der Waals surface area contributed by atoms with Crippen molar-refractivity contribution in [3.63, 3.8) is 0 Å². The molecule has 1 rings (SSSR count). The lowest BCUT2D eigenvalue weighted by Gasteiger charge is -2.24. The Morgan fingerprint density at radius 2 is 1.79 bits per heavy atom. The summed E-state index contributed by atoms with van der Waals surface area (Å²) in [5, 5.41) is 0. The van der Waals surface area contributed by atoms with Crippen molar-refractivity contribution >= 4 is 16.1 Å². The Morgan fingerprint density at radius 3 is 2.25 bits per heavy atom. The first-order valence-corrected chi connectivity index (χ1v) is 8.32. The van der Waals surface area contributed by atoms with E-state index < -0.39 is 51.5 Å². The molecule has 0 aliphatic heterocycles. The first-order valence-electron chi connectivity index (χ1n) is 6.71. The van der Waals surface area contributed by atoms with Gasteiger partial charge in [0.2, 0.25) is 0 Å². The molecule has 0 radical (unpaired) electrons. The van der Waals surface area contributed by atoms with Gasteiger partial charge in [-0.3, -0.25) is 4.55 Å². The molecule has 0 aliphatic rings. The van der Waals surface area contributed by atoms with Crippen LogP contribution in [0.4, 0.5) is 13.2 Å². The van der Waals surface area contributed by atoms with Crippen LogP contribution in [0.1, 0.15) is 36.7 Å². The Hall–Kier alpha value is -1.81. The van der Waals surface area contributed by atoms with Gasteiger partial charge in [0.25, 0.3) is 10.1 Å². The van der Waals surface area contributed by atoms with Gasteiger partial charge in [0.15, 0.2) is 0 Å². The van der Waals surface area contributed by atoms with Crippen LogP contribution in [-0.2, 0) is 21.0 Å². The van der Waals surface area contributed by atoms with Gasteiger partial charge in [-0.15, -0.1) is 0 Å². The molecule has 0 spiro atoms. The smallest absolute Gasteiger partial charge is 0.419 e. The van der Waals surface area contributed by atoms with Crippen LogP contribution in [0.5, 0.6) is 5.75 Å². The molecule has 1 aromatic rings. The molecule has 0 unspecified atom stereocenters. The monoisotopic (exact) mass is 370 g/mol. The van der Waals surface area contributed by atoms with Crippen LogP contribution >= 0.6 is 0 Å². The number of carbonyl (C=O) groups excluding carboxylic acids is 1. The maximum atomic E-state index is 13.0. The van der Waals surface area contributed by atoms with Crippen molar-refractivity contribution < 1.29 is 40.4 Å². The lowest BCUT2D eigenvalue weighted by Crippen LogP contribution is -2.25. The molecule has 0 saturated carbocycles. The summed E-state index contributed by atoms with van der Waals surface area (Å²) in [6.45, 7) is 4.01. The molecule has 6 nitrogen and oxygen atoms in total. The molecule has 1 aromatic carbocycles. The minimum absolute atomic E-state index is 0.238. The molecule has 0 aliphatic carbocycles. The van der Waals surface area contributed by atoms with Gasteiger partial charge in [0, 0.05) is 0 Å². The fourth-order valence-corrected chi connectivity index (χ4v) is 1.91. The molecule has 0 aromatic heterocycles. The second-order valence-electron chi connectivity index (χ2n) is 5.85. The number of hydrogen-bond donors (Lipinski definition) is 1. The number of ether oxygens (including phenoxy) is 2. The number of alkyl halides is 3. The molecule has 0 fully saturated rings. The van der Waals surface area contributed by atoms with Crippen molar-refractivity contribution in [2.75, 3.05) is 12.4 Å². The molecule has 0 saturated heterocycles. The summed E-state index contributed by atoms with van der Waals surface area (Å²) >= 11 is 0. The molecule has 1 N–H and O–H groups in total. The third kappa shape index (κ3) is 6.75. The van der Waals surface area contributed by atoms with Crippen molar-refractivity contribution in [1.82, 2.24) is 0 Å². The minimum atomic E-state index is -4.67. The van der Waals surface area contributed by atoms with Crippen LogP contribution in [0, 0.1) is 0 Å². The predicted octanol–water partition coefficient (Wildman–Crippen LogP) is 2.93. The van der Waals surface area contributed by atoms with Gasteiger partial charge >= 0.3 is 12.1 Å². The van der Waals surface area contributed by atoms with Gasteiger partial charge in [-0.25, -0.2) is 4.79 Å². The van der Waals surface area contributed by atoms with Crippen molar-refractivity contribution in [2.24, 2.45) is 0 Å². The van der Waals surface area contributed by atoms with E-state index in [2.05, 4.69) is 4.74 Å². The number of esters is 1. The summed E-state index contributed by atoms with van der Waals surface area (Å²) in [5.74, 6) is -2.39. The van der Waals surface area contributed by atoms with E-state index in [9.17, 15) is 26.4 Å². The Morgan fingerprint density at radius 1 is 1.21 bits per heavy atom. The third-order valence-electron chi connectivity index (χ3n) is 2.51. The summed E-state index contributed by atoms with van der Waals surface area (Å²) in [4.78, 5) is 11.8. The maximum absolute atomic E-state index is 13.0. The zero-order chi connectivity index (χ0) is 18.8. The standard InChI is InChI=1S/C14H17F3O6S/c1-13(2,3)23-11-8-9(4-5-10(11)14(15,16)17)12(18)22-6-7-24(19,20)21/h4-5,8H,6-7H2,1-3H3,(H,19,20,21). The summed E-state index contributed by atoms with van der Waals surface area (Å²) in [7, 11) is -4.31. The normalized spacial score (nSPS) is 12.8. The molecule has 0 heterocycles. The number of benzene rings is 1. The summed E-state index contributed by atoms with van der Waals surface area (Å²) in [6.07, 6.45) is -4.67. The number of carbonyl (C=O) groups is 1. The molecular weight excluding hydrogens is 353 g/mol. The summed E-state index contributed by atoms with van der Waals surface area (Å²) < 4.78 is 78.4. The van der Waals surface area contributed by atoms with E-state index >= 15 is 0 Å². The van der Waals surface area contributed by atoms with Gasteiger partial charge < -0.3 is 9.47 Å². The van der Waals surface area contributed by atoms with E-state index in [1.807, 2.05) is 0 Å². The molecule has 136 valence electrons. The Balaban J connectivity index is 3.05. The predicted molar refractivity (Wildman–Crippen MR) is 78.5 cm³/mol. The van der Waals surface area contributed by atoms with Gasteiger partial charge in [0.1, 0.15) is 23.7 Å². The highest BCUT2D eigenvalue weighted by Gasteiger charge is 2.36. The van der Waals surface area contributed by atoms with Gasteiger partial charge in [0.05, 0.1) is 11.1 Å². The van der Waals surface area contributed by atoms with E-state index in [1.54, 1.807) is 20.8 Å². The zero-order valence-electron chi connectivity index (χ0n) is 13.2. The fourth-order valence-electron chi connectivity index (χ4n) is 1.62. The summed E-state index contributed by atoms with van der Waals surface area (Å²) in [5.41, 5.74) is -2.22. The largest absolute Gasteiger partial charge is 0.487 e. The third-order valence-corrected chi connectivity index (χ3v) is 3.20. The second-order valence-corrected chi connectivity index (χ2v) is 7.42. The van der Waals surface area contributed by atoms with Crippen molar-refractivity contribution in [1.29, 1.82) is 0 Å².